The summed E-state index contributed by atoms with van der Waals surface area (Å²) in [4.78, 5) is 15.1. The number of carboxylic acids is 1. The van der Waals surface area contributed by atoms with Gasteiger partial charge < -0.3 is 9.67 Å². The number of hydrogen-bond donors (Lipinski definition) is 1. The molecule has 6 heteroatoms. The highest BCUT2D eigenvalue weighted by atomic mass is 32.2. The molecule has 20 heavy (non-hydrogen) atoms. The van der Waals surface area contributed by atoms with Gasteiger partial charge in [-0.2, -0.15) is 0 Å². The molecule has 0 radical (unpaired) electrons. The van der Waals surface area contributed by atoms with Gasteiger partial charge in [-0.3, -0.25) is 4.79 Å². The minimum Gasteiger partial charge on any atom is -0.481 e. The van der Waals surface area contributed by atoms with Crippen LogP contribution in [0.15, 0.2) is 23.4 Å². The summed E-state index contributed by atoms with van der Waals surface area (Å²) in [5.74, 6) is -0.822. The smallest absolute Gasteiger partial charge is 0.313 e. The van der Waals surface area contributed by atoms with E-state index in [1.165, 1.54) is 23.9 Å². The van der Waals surface area contributed by atoms with E-state index in [2.05, 4.69) is 18.8 Å². The zero-order valence-electron chi connectivity index (χ0n) is 11.5. The largest absolute Gasteiger partial charge is 0.481 e. The van der Waals surface area contributed by atoms with E-state index in [0.717, 1.165) is 18.5 Å². The number of aliphatic carboxylic acids is 1. The van der Waals surface area contributed by atoms with Gasteiger partial charge in [-0.25, -0.2) is 9.37 Å². The number of thioether (sulfide) groups is 1. The Hall–Kier alpha value is -1.56. The number of carboxylic acid groups (broad SMARTS) is 1. The van der Waals surface area contributed by atoms with Gasteiger partial charge in [0.1, 0.15) is 5.82 Å². The molecule has 2 aromatic rings. The lowest BCUT2D eigenvalue weighted by atomic mass is 10.1. The molecule has 1 aromatic heterocycles. The molecular formula is C14H17FN2O2S. The summed E-state index contributed by atoms with van der Waals surface area (Å²) in [6.07, 6.45) is 1.02. The van der Waals surface area contributed by atoms with Crippen LogP contribution in [0.2, 0.25) is 0 Å². The lowest BCUT2D eigenvalue weighted by Crippen LogP contribution is -2.09. The summed E-state index contributed by atoms with van der Waals surface area (Å²) in [5, 5.41) is 9.43. The standard InChI is InChI=1S/C14H17FN2O2S/c1-3-9(2)7-17-12-5-4-10(15)6-11(12)16-14(17)20-8-13(18)19/h4-6,9H,3,7-8H2,1-2H3,(H,18,19). The van der Waals surface area contributed by atoms with Crippen LogP contribution in [0, 0.1) is 11.7 Å². The maximum Gasteiger partial charge on any atom is 0.313 e. The third-order valence-electron chi connectivity index (χ3n) is 3.19. The second-order valence-electron chi connectivity index (χ2n) is 4.83. The first-order valence-electron chi connectivity index (χ1n) is 6.51. The number of imidazole rings is 1. The van der Waals surface area contributed by atoms with Crippen molar-refractivity contribution in [3.63, 3.8) is 0 Å². The quantitative estimate of drug-likeness (QED) is 0.830. The van der Waals surface area contributed by atoms with Crippen LogP contribution in [0.3, 0.4) is 0 Å². The highest BCUT2D eigenvalue weighted by molar-refractivity contribution is 7.99. The molecule has 0 fully saturated rings. The lowest BCUT2D eigenvalue weighted by molar-refractivity contribution is -0.133. The van der Waals surface area contributed by atoms with Crippen LogP contribution in [0.25, 0.3) is 11.0 Å². The van der Waals surface area contributed by atoms with Crippen LogP contribution >= 0.6 is 11.8 Å². The SMILES string of the molecule is CCC(C)Cn1c(SCC(=O)O)nc2cc(F)ccc21. The fraction of sp³-hybridized carbons (Fsp3) is 0.429. The number of benzene rings is 1. The third kappa shape index (κ3) is 3.30. The molecular weight excluding hydrogens is 279 g/mol. The summed E-state index contributed by atoms with van der Waals surface area (Å²) >= 11 is 1.17. The minimum absolute atomic E-state index is 0.0493. The predicted octanol–water partition coefficient (Wildman–Crippen LogP) is 3.40. The summed E-state index contributed by atoms with van der Waals surface area (Å²) < 4.78 is 15.3. The molecule has 2 rings (SSSR count). The maximum atomic E-state index is 13.3. The lowest BCUT2D eigenvalue weighted by Gasteiger charge is -2.13. The van der Waals surface area contributed by atoms with Crippen LogP contribution < -0.4 is 0 Å². The van der Waals surface area contributed by atoms with Crippen molar-refractivity contribution in [1.82, 2.24) is 9.55 Å². The first-order valence-corrected chi connectivity index (χ1v) is 7.50. The molecule has 0 amide bonds. The fourth-order valence-corrected chi connectivity index (χ4v) is 2.68. The number of fused-ring (bicyclic) bond motifs is 1. The summed E-state index contributed by atoms with van der Waals surface area (Å²) in [5.41, 5.74) is 1.42. The van der Waals surface area contributed by atoms with Gasteiger partial charge in [-0.05, 0) is 18.1 Å². The second-order valence-corrected chi connectivity index (χ2v) is 5.78. The molecule has 0 saturated carbocycles. The van der Waals surface area contributed by atoms with Gasteiger partial charge in [0, 0.05) is 12.6 Å². The number of aromatic nitrogens is 2. The van der Waals surface area contributed by atoms with E-state index in [4.69, 9.17) is 5.11 Å². The Kier molecular flexibility index (Phi) is 4.65. The van der Waals surface area contributed by atoms with Crippen LogP contribution in [0.5, 0.6) is 0 Å². The van der Waals surface area contributed by atoms with E-state index in [-0.39, 0.29) is 11.6 Å². The average Bonchev–Trinajstić information content (AvgIpc) is 2.73. The van der Waals surface area contributed by atoms with Gasteiger partial charge in [0.25, 0.3) is 0 Å². The molecule has 1 atom stereocenters. The molecule has 1 unspecified atom stereocenters. The monoisotopic (exact) mass is 296 g/mol. The topological polar surface area (TPSA) is 55.1 Å². The zero-order valence-corrected chi connectivity index (χ0v) is 12.3. The molecule has 1 aromatic carbocycles. The highest BCUT2D eigenvalue weighted by Gasteiger charge is 2.15. The van der Waals surface area contributed by atoms with Gasteiger partial charge in [0.15, 0.2) is 5.16 Å². The van der Waals surface area contributed by atoms with Gasteiger partial charge in [-0.15, -0.1) is 0 Å². The van der Waals surface area contributed by atoms with Crippen molar-refractivity contribution in [2.75, 3.05) is 5.75 Å². The van der Waals surface area contributed by atoms with Gasteiger partial charge in [-0.1, -0.05) is 32.0 Å². The number of carbonyl (C=O) groups is 1. The Balaban J connectivity index is 2.41. The minimum atomic E-state index is -0.886. The molecule has 108 valence electrons. The van der Waals surface area contributed by atoms with Gasteiger partial charge in [0.2, 0.25) is 0 Å². The molecule has 0 spiro atoms. The molecule has 1 N–H and O–H groups in total. The van der Waals surface area contributed by atoms with Crippen molar-refractivity contribution >= 4 is 28.8 Å². The Morgan fingerprint density at radius 1 is 1.55 bits per heavy atom. The Morgan fingerprint density at radius 3 is 2.95 bits per heavy atom. The van der Waals surface area contributed by atoms with Crippen molar-refractivity contribution in [2.24, 2.45) is 5.92 Å². The molecule has 0 saturated heterocycles. The zero-order chi connectivity index (χ0) is 14.7. The summed E-state index contributed by atoms with van der Waals surface area (Å²) in [7, 11) is 0. The first kappa shape index (κ1) is 14.8. The molecule has 0 aliphatic heterocycles. The maximum absolute atomic E-state index is 13.3. The molecule has 0 bridgehead atoms. The van der Waals surface area contributed by atoms with Gasteiger partial charge in [0.05, 0.1) is 16.8 Å². The second kappa shape index (κ2) is 6.26. The van der Waals surface area contributed by atoms with Crippen molar-refractivity contribution in [3.05, 3.63) is 24.0 Å². The van der Waals surface area contributed by atoms with Crippen molar-refractivity contribution in [2.45, 2.75) is 32.0 Å². The number of hydrogen-bond acceptors (Lipinski definition) is 3. The molecule has 1 heterocycles. The molecule has 0 aliphatic rings. The summed E-state index contributed by atoms with van der Waals surface area (Å²) in [6, 6.07) is 4.49. The fourth-order valence-electron chi connectivity index (χ4n) is 1.93. The van der Waals surface area contributed by atoms with Crippen molar-refractivity contribution in [1.29, 1.82) is 0 Å². The number of nitrogens with zero attached hydrogens (tertiary/aromatic N) is 2. The van der Waals surface area contributed by atoms with Crippen LogP contribution in [0.1, 0.15) is 20.3 Å². The Bertz CT molecular complexity index is 627. The van der Waals surface area contributed by atoms with E-state index in [9.17, 15) is 9.18 Å². The Morgan fingerprint density at radius 2 is 2.30 bits per heavy atom. The number of halogens is 1. The van der Waals surface area contributed by atoms with Gasteiger partial charge >= 0.3 is 5.97 Å². The normalized spacial score (nSPS) is 12.8. The van der Waals surface area contributed by atoms with E-state index in [1.54, 1.807) is 6.07 Å². The highest BCUT2D eigenvalue weighted by Crippen LogP contribution is 2.26. The van der Waals surface area contributed by atoms with Crippen molar-refractivity contribution < 1.29 is 14.3 Å². The summed E-state index contributed by atoms with van der Waals surface area (Å²) in [6.45, 7) is 4.98. The van der Waals surface area contributed by atoms with Crippen LogP contribution in [-0.4, -0.2) is 26.4 Å². The predicted molar refractivity (Wildman–Crippen MR) is 77.5 cm³/mol. The van der Waals surface area contributed by atoms with E-state index in [0.29, 0.717) is 16.6 Å². The molecule has 4 nitrogen and oxygen atoms in total. The molecule has 0 aliphatic carbocycles. The van der Waals surface area contributed by atoms with Crippen LogP contribution in [-0.2, 0) is 11.3 Å². The van der Waals surface area contributed by atoms with E-state index >= 15 is 0 Å². The van der Waals surface area contributed by atoms with E-state index < -0.39 is 5.97 Å². The third-order valence-corrected chi connectivity index (χ3v) is 4.15. The van der Waals surface area contributed by atoms with E-state index in [1.807, 2.05) is 4.57 Å². The van der Waals surface area contributed by atoms with Crippen LogP contribution in [0.4, 0.5) is 4.39 Å². The first-order chi connectivity index (χ1) is 9.51. The Labute approximate surface area is 121 Å². The number of rotatable bonds is 6. The van der Waals surface area contributed by atoms with Crippen molar-refractivity contribution in [3.8, 4) is 0 Å². The average molecular weight is 296 g/mol.